The number of carboxylic acid groups (broad SMARTS) is 1. The number of carbonyl (C=O) groups is 1. The number of hydrogen-bond acceptors (Lipinski definition) is 7. The van der Waals surface area contributed by atoms with Gasteiger partial charge in [0.1, 0.15) is 10.0 Å². The van der Waals surface area contributed by atoms with Gasteiger partial charge < -0.3 is 5.11 Å². The van der Waals surface area contributed by atoms with Crippen LogP contribution < -0.4 is 0 Å². The summed E-state index contributed by atoms with van der Waals surface area (Å²) in [6.45, 7) is 1.86. The zero-order chi connectivity index (χ0) is 11.5. The highest BCUT2D eigenvalue weighted by molar-refractivity contribution is 8.01. The smallest absolute Gasteiger partial charge is 0.356 e. The summed E-state index contributed by atoms with van der Waals surface area (Å²) in [6, 6.07) is 0. The molecule has 0 unspecified atom stereocenters. The van der Waals surface area contributed by atoms with Crippen molar-refractivity contribution in [1.29, 1.82) is 0 Å². The third kappa shape index (κ3) is 2.52. The van der Waals surface area contributed by atoms with E-state index in [-0.39, 0.29) is 5.69 Å². The van der Waals surface area contributed by atoms with Crippen molar-refractivity contribution in [3.05, 3.63) is 23.1 Å². The molecular weight excluding hydrogens is 248 g/mol. The van der Waals surface area contributed by atoms with Gasteiger partial charge in [-0.2, -0.15) is 0 Å². The topological polar surface area (TPSA) is 88.9 Å². The van der Waals surface area contributed by atoms with Crippen molar-refractivity contribution in [2.24, 2.45) is 0 Å². The lowest BCUT2D eigenvalue weighted by molar-refractivity contribution is 0.0689. The molecule has 0 saturated carbocycles. The average molecular weight is 254 g/mol. The molecule has 2 aromatic rings. The summed E-state index contributed by atoms with van der Waals surface area (Å²) >= 11 is 2.76. The Labute approximate surface area is 98.8 Å². The fourth-order valence-electron chi connectivity index (χ4n) is 0.888. The molecule has 0 amide bonds. The standard InChI is InChI=1S/C8H6N4O2S2/c1-4-11-12-8(15-4)16-6-3-9-5(2-10-6)7(13)14/h2-3H,1H3,(H,13,14). The Balaban J connectivity index is 2.14. The first-order valence-electron chi connectivity index (χ1n) is 4.18. The molecule has 2 aromatic heterocycles. The number of rotatable bonds is 3. The van der Waals surface area contributed by atoms with Gasteiger partial charge in [-0.15, -0.1) is 10.2 Å². The maximum atomic E-state index is 10.5. The van der Waals surface area contributed by atoms with Crippen LogP contribution in [0.3, 0.4) is 0 Å². The molecule has 0 atom stereocenters. The van der Waals surface area contributed by atoms with E-state index in [1.54, 1.807) is 0 Å². The molecule has 0 saturated heterocycles. The van der Waals surface area contributed by atoms with Crippen LogP contribution in [0.4, 0.5) is 0 Å². The average Bonchev–Trinajstić information content (AvgIpc) is 2.65. The van der Waals surface area contributed by atoms with Crippen molar-refractivity contribution in [2.75, 3.05) is 0 Å². The normalized spacial score (nSPS) is 10.3. The van der Waals surface area contributed by atoms with E-state index < -0.39 is 5.97 Å². The quantitative estimate of drug-likeness (QED) is 0.887. The zero-order valence-corrected chi connectivity index (χ0v) is 9.75. The Hall–Kier alpha value is -1.54. The van der Waals surface area contributed by atoms with Gasteiger partial charge >= 0.3 is 5.97 Å². The third-order valence-electron chi connectivity index (χ3n) is 1.55. The molecule has 0 radical (unpaired) electrons. The molecule has 0 spiro atoms. The first kappa shape index (κ1) is 11.0. The Morgan fingerprint density at radius 1 is 1.38 bits per heavy atom. The summed E-state index contributed by atoms with van der Waals surface area (Å²) in [4.78, 5) is 18.3. The predicted molar refractivity (Wildman–Crippen MR) is 57.8 cm³/mol. The molecule has 0 aliphatic rings. The van der Waals surface area contributed by atoms with Gasteiger partial charge in [0, 0.05) is 0 Å². The van der Waals surface area contributed by atoms with Crippen molar-refractivity contribution in [2.45, 2.75) is 16.3 Å². The SMILES string of the molecule is Cc1nnc(Sc2cnc(C(=O)O)cn2)s1. The van der Waals surface area contributed by atoms with Crippen LogP contribution in [-0.2, 0) is 0 Å². The largest absolute Gasteiger partial charge is 0.476 e. The van der Waals surface area contributed by atoms with E-state index in [2.05, 4.69) is 20.2 Å². The second kappa shape index (κ2) is 4.54. The number of aromatic nitrogens is 4. The maximum absolute atomic E-state index is 10.5. The van der Waals surface area contributed by atoms with Gasteiger partial charge in [-0.1, -0.05) is 11.3 Å². The summed E-state index contributed by atoms with van der Waals surface area (Å²) in [6.07, 6.45) is 2.63. The minimum absolute atomic E-state index is 0.0715. The van der Waals surface area contributed by atoms with Gasteiger partial charge in [0.15, 0.2) is 10.0 Å². The van der Waals surface area contributed by atoms with E-state index in [1.807, 2.05) is 6.92 Å². The first-order chi connectivity index (χ1) is 7.65. The summed E-state index contributed by atoms with van der Waals surface area (Å²) < 4.78 is 0.759. The van der Waals surface area contributed by atoms with Crippen molar-refractivity contribution in [3.8, 4) is 0 Å². The van der Waals surface area contributed by atoms with E-state index in [4.69, 9.17) is 5.11 Å². The van der Waals surface area contributed by atoms with E-state index in [0.29, 0.717) is 5.03 Å². The van der Waals surface area contributed by atoms with Crippen molar-refractivity contribution < 1.29 is 9.90 Å². The third-order valence-corrected chi connectivity index (χ3v) is 3.36. The second-order valence-corrected chi connectivity index (χ2v) is 5.18. The number of aromatic carboxylic acids is 1. The molecule has 0 aliphatic carbocycles. The fourth-order valence-corrected chi connectivity index (χ4v) is 2.56. The Bertz CT molecular complexity index is 511. The summed E-state index contributed by atoms with van der Waals surface area (Å²) in [7, 11) is 0. The summed E-state index contributed by atoms with van der Waals surface area (Å²) in [5.74, 6) is -1.09. The van der Waals surface area contributed by atoms with Crippen LogP contribution in [-0.4, -0.2) is 31.2 Å². The summed E-state index contributed by atoms with van der Waals surface area (Å²) in [5.41, 5.74) is -0.0715. The van der Waals surface area contributed by atoms with Gasteiger partial charge in [-0.05, 0) is 18.7 Å². The number of hydrogen-bond donors (Lipinski definition) is 1. The second-order valence-electron chi connectivity index (χ2n) is 2.73. The van der Waals surface area contributed by atoms with Crippen LogP contribution >= 0.6 is 23.1 Å². The molecule has 2 heterocycles. The lowest BCUT2D eigenvalue weighted by atomic mass is 10.5. The molecule has 0 bridgehead atoms. The molecule has 8 heteroatoms. The monoisotopic (exact) mass is 254 g/mol. The van der Waals surface area contributed by atoms with Gasteiger partial charge in [-0.25, -0.2) is 14.8 Å². The lowest BCUT2D eigenvalue weighted by Gasteiger charge is -1.96. The maximum Gasteiger partial charge on any atom is 0.356 e. The number of nitrogens with zero attached hydrogens (tertiary/aromatic N) is 4. The van der Waals surface area contributed by atoms with Gasteiger partial charge in [-0.3, -0.25) is 0 Å². The predicted octanol–water partition coefficient (Wildman–Crippen LogP) is 1.49. The fraction of sp³-hybridized carbons (Fsp3) is 0.125. The lowest BCUT2D eigenvalue weighted by Crippen LogP contribution is -2.00. The van der Waals surface area contributed by atoms with Crippen molar-refractivity contribution in [1.82, 2.24) is 20.2 Å². The van der Waals surface area contributed by atoms with E-state index >= 15 is 0 Å². The molecule has 0 aliphatic heterocycles. The van der Waals surface area contributed by atoms with Crippen LogP contribution in [0.2, 0.25) is 0 Å². The number of carboxylic acids is 1. The van der Waals surface area contributed by atoms with Gasteiger partial charge in [0.2, 0.25) is 0 Å². The van der Waals surface area contributed by atoms with Crippen LogP contribution in [0, 0.1) is 6.92 Å². The molecule has 1 N–H and O–H groups in total. The highest BCUT2D eigenvalue weighted by atomic mass is 32.2. The van der Waals surface area contributed by atoms with E-state index in [1.165, 1.54) is 35.5 Å². The van der Waals surface area contributed by atoms with Crippen LogP contribution in [0.25, 0.3) is 0 Å². The summed E-state index contributed by atoms with van der Waals surface area (Å²) in [5, 5.41) is 17.9. The highest BCUT2D eigenvalue weighted by Gasteiger charge is 2.07. The molecule has 0 fully saturated rings. The van der Waals surface area contributed by atoms with Gasteiger partial charge in [0.25, 0.3) is 0 Å². The molecular formula is C8H6N4O2S2. The van der Waals surface area contributed by atoms with Crippen molar-refractivity contribution >= 4 is 29.1 Å². The highest BCUT2D eigenvalue weighted by Crippen LogP contribution is 2.27. The molecule has 16 heavy (non-hydrogen) atoms. The van der Waals surface area contributed by atoms with E-state index in [9.17, 15) is 4.79 Å². The molecule has 2 rings (SSSR count). The molecule has 82 valence electrons. The van der Waals surface area contributed by atoms with Crippen LogP contribution in [0.5, 0.6) is 0 Å². The molecule has 0 aromatic carbocycles. The van der Waals surface area contributed by atoms with Crippen molar-refractivity contribution in [3.63, 3.8) is 0 Å². The minimum Gasteiger partial charge on any atom is -0.476 e. The van der Waals surface area contributed by atoms with Crippen LogP contribution in [0.1, 0.15) is 15.5 Å². The zero-order valence-electron chi connectivity index (χ0n) is 8.12. The molecule has 6 nitrogen and oxygen atoms in total. The first-order valence-corrected chi connectivity index (χ1v) is 5.82. The Morgan fingerprint density at radius 2 is 2.19 bits per heavy atom. The number of aryl methyl sites for hydroxylation is 1. The van der Waals surface area contributed by atoms with Gasteiger partial charge in [0.05, 0.1) is 12.4 Å². The minimum atomic E-state index is -1.09. The van der Waals surface area contributed by atoms with Crippen LogP contribution in [0.15, 0.2) is 21.8 Å². The Kier molecular flexibility index (Phi) is 3.11. The Morgan fingerprint density at radius 3 is 2.69 bits per heavy atom. The van der Waals surface area contributed by atoms with E-state index in [0.717, 1.165) is 9.35 Å².